The molecule has 0 amide bonds. The fourth-order valence-corrected chi connectivity index (χ4v) is 1.29. The lowest BCUT2D eigenvalue weighted by Crippen LogP contribution is -2.23. The van der Waals surface area contributed by atoms with Crippen LogP contribution < -0.4 is 4.74 Å². The maximum atomic E-state index is 10.7. The highest BCUT2D eigenvalue weighted by Gasteiger charge is 2.16. The van der Waals surface area contributed by atoms with Gasteiger partial charge >= 0.3 is 5.97 Å². The van der Waals surface area contributed by atoms with Gasteiger partial charge in [0.25, 0.3) is 0 Å². The SMILES string of the molecule is C[C@H](Oc1cccc(C(C)(C)C)c1)C(=O)O. The van der Waals surface area contributed by atoms with Crippen molar-refractivity contribution in [1.82, 2.24) is 0 Å². The molecule has 0 heterocycles. The van der Waals surface area contributed by atoms with Gasteiger partial charge in [-0.15, -0.1) is 0 Å². The van der Waals surface area contributed by atoms with Crippen molar-refractivity contribution >= 4 is 5.97 Å². The highest BCUT2D eigenvalue weighted by atomic mass is 16.5. The van der Waals surface area contributed by atoms with Crippen LogP contribution in [-0.4, -0.2) is 17.2 Å². The minimum atomic E-state index is -0.957. The number of hydrogen-bond acceptors (Lipinski definition) is 2. The fourth-order valence-electron chi connectivity index (χ4n) is 1.29. The molecule has 0 aliphatic carbocycles. The first-order valence-electron chi connectivity index (χ1n) is 5.30. The predicted octanol–water partition coefficient (Wildman–Crippen LogP) is 2.84. The molecule has 0 unspecified atom stereocenters. The average Bonchev–Trinajstić information content (AvgIpc) is 2.16. The minimum Gasteiger partial charge on any atom is -0.479 e. The number of carboxylic acids is 1. The predicted molar refractivity (Wildman–Crippen MR) is 62.9 cm³/mol. The zero-order valence-electron chi connectivity index (χ0n) is 10.2. The first-order chi connectivity index (χ1) is 7.30. The fraction of sp³-hybridized carbons (Fsp3) is 0.462. The summed E-state index contributed by atoms with van der Waals surface area (Å²) in [6.45, 7) is 7.83. The van der Waals surface area contributed by atoms with Crippen molar-refractivity contribution in [2.75, 3.05) is 0 Å². The Labute approximate surface area is 96.1 Å². The van der Waals surface area contributed by atoms with E-state index in [1.165, 1.54) is 6.92 Å². The van der Waals surface area contributed by atoms with Gasteiger partial charge in [0.05, 0.1) is 0 Å². The third kappa shape index (κ3) is 3.26. The molecule has 88 valence electrons. The Kier molecular flexibility index (Phi) is 3.58. The quantitative estimate of drug-likeness (QED) is 0.855. The van der Waals surface area contributed by atoms with E-state index in [9.17, 15) is 4.79 Å². The van der Waals surface area contributed by atoms with E-state index in [1.807, 2.05) is 18.2 Å². The zero-order chi connectivity index (χ0) is 12.3. The molecule has 1 N–H and O–H groups in total. The van der Waals surface area contributed by atoms with E-state index in [0.717, 1.165) is 5.56 Å². The van der Waals surface area contributed by atoms with E-state index in [2.05, 4.69) is 20.8 Å². The maximum absolute atomic E-state index is 10.7. The van der Waals surface area contributed by atoms with Crippen LogP contribution in [0, 0.1) is 0 Å². The number of rotatable bonds is 3. The second-order valence-corrected chi connectivity index (χ2v) is 4.88. The van der Waals surface area contributed by atoms with Crippen molar-refractivity contribution in [3.8, 4) is 5.75 Å². The van der Waals surface area contributed by atoms with Crippen LogP contribution in [0.4, 0.5) is 0 Å². The zero-order valence-corrected chi connectivity index (χ0v) is 10.2. The Morgan fingerprint density at radius 1 is 1.38 bits per heavy atom. The molecule has 0 bridgehead atoms. The van der Waals surface area contributed by atoms with Crippen LogP contribution in [0.3, 0.4) is 0 Å². The summed E-state index contributed by atoms with van der Waals surface area (Å²) in [6.07, 6.45) is -0.824. The third-order valence-corrected chi connectivity index (χ3v) is 2.36. The van der Waals surface area contributed by atoms with Crippen molar-refractivity contribution < 1.29 is 14.6 Å². The van der Waals surface area contributed by atoms with Gasteiger partial charge in [0, 0.05) is 0 Å². The van der Waals surface area contributed by atoms with Gasteiger partial charge in [-0.25, -0.2) is 4.79 Å². The van der Waals surface area contributed by atoms with Gasteiger partial charge < -0.3 is 9.84 Å². The molecule has 0 radical (unpaired) electrons. The first kappa shape index (κ1) is 12.6. The monoisotopic (exact) mass is 222 g/mol. The summed E-state index contributed by atoms with van der Waals surface area (Å²) in [7, 11) is 0. The normalized spacial score (nSPS) is 13.2. The van der Waals surface area contributed by atoms with Crippen LogP contribution in [0.1, 0.15) is 33.3 Å². The molecule has 0 aliphatic heterocycles. The van der Waals surface area contributed by atoms with Crippen LogP contribution in [-0.2, 0) is 10.2 Å². The summed E-state index contributed by atoms with van der Waals surface area (Å²) in [6, 6.07) is 7.55. The topological polar surface area (TPSA) is 46.5 Å². The van der Waals surface area contributed by atoms with Gasteiger partial charge in [0.2, 0.25) is 0 Å². The molecule has 0 spiro atoms. The van der Waals surface area contributed by atoms with E-state index < -0.39 is 12.1 Å². The molecular formula is C13H18O3. The Balaban J connectivity index is 2.87. The molecule has 0 aliphatic rings. The van der Waals surface area contributed by atoms with Gasteiger partial charge in [-0.1, -0.05) is 32.9 Å². The molecule has 0 saturated carbocycles. The van der Waals surface area contributed by atoms with Crippen molar-refractivity contribution in [2.45, 2.75) is 39.2 Å². The second kappa shape index (κ2) is 4.56. The van der Waals surface area contributed by atoms with E-state index in [4.69, 9.17) is 9.84 Å². The number of carboxylic acid groups (broad SMARTS) is 1. The number of benzene rings is 1. The molecule has 0 fully saturated rings. The van der Waals surface area contributed by atoms with Gasteiger partial charge in [-0.3, -0.25) is 0 Å². The highest BCUT2D eigenvalue weighted by Crippen LogP contribution is 2.25. The van der Waals surface area contributed by atoms with Gasteiger partial charge in [0.15, 0.2) is 6.10 Å². The minimum absolute atomic E-state index is 0.0336. The number of hydrogen-bond donors (Lipinski definition) is 1. The smallest absolute Gasteiger partial charge is 0.344 e. The summed E-state index contributed by atoms with van der Waals surface area (Å²) in [5, 5.41) is 8.75. The van der Waals surface area contributed by atoms with E-state index in [0.29, 0.717) is 5.75 Å². The lowest BCUT2D eigenvalue weighted by atomic mass is 9.87. The third-order valence-electron chi connectivity index (χ3n) is 2.36. The van der Waals surface area contributed by atoms with E-state index in [1.54, 1.807) is 6.07 Å². The number of carbonyl (C=O) groups is 1. The standard InChI is InChI=1S/C13H18O3/c1-9(12(14)15)16-11-7-5-6-10(8-11)13(2,3)4/h5-9H,1-4H3,(H,14,15)/t9-/m0/s1. The second-order valence-electron chi connectivity index (χ2n) is 4.88. The van der Waals surface area contributed by atoms with E-state index >= 15 is 0 Å². The van der Waals surface area contributed by atoms with Crippen LogP contribution in [0.25, 0.3) is 0 Å². The van der Waals surface area contributed by atoms with Crippen LogP contribution in [0.5, 0.6) is 5.75 Å². The molecular weight excluding hydrogens is 204 g/mol. The molecule has 0 saturated heterocycles. The number of ether oxygens (including phenoxy) is 1. The van der Waals surface area contributed by atoms with Crippen LogP contribution in [0.2, 0.25) is 0 Å². The highest BCUT2D eigenvalue weighted by molar-refractivity contribution is 5.72. The van der Waals surface area contributed by atoms with Gasteiger partial charge in [0.1, 0.15) is 5.75 Å². The van der Waals surface area contributed by atoms with Crippen molar-refractivity contribution in [3.63, 3.8) is 0 Å². The van der Waals surface area contributed by atoms with E-state index in [-0.39, 0.29) is 5.41 Å². The Morgan fingerprint density at radius 3 is 2.50 bits per heavy atom. The summed E-state index contributed by atoms with van der Waals surface area (Å²) < 4.78 is 5.31. The Morgan fingerprint density at radius 2 is 2.00 bits per heavy atom. The first-order valence-corrected chi connectivity index (χ1v) is 5.30. The summed E-state index contributed by atoms with van der Waals surface area (Å²) in [5.74, 6) is -0.358. The molecule has 1 atom stereocenters. The Hall–Kier alpha value is -1.51. The van der Waals surface area contributed by atoms with Gasteiger partial charge in [-0.05, 0) is 30.0 Å². The molecule has 3 nitrogen and oxygen atoms in total. The molecule has 1 aromatic rings. The van der Waals surface area contributed by atoms with Crippen molar-refractivity contribution in [2.24, 2.45) is 0 Å². The largest absolute Gasteiger partial charge is 0.479 e. The molecule has 16 heavy (non-hydrogen) atoms. The maximum Gasteiger partial charge on any atom is 0.344 e. The average molecular weight is 222 g/mol. The van der Waals surface area contributed by atoms with Crippen molar-refractivity contribution in [3.05, 3.63) is 29.8 Å². The van der Waals surface area contributed by atoms with Crippen LogP contribution in [0.15, 0.2) is 24.3 Å². The van der Waals surface area contributed by atoms with Gasteiger partial charge in [-0.2, -0.15) is 0 Å². The molecule has 0 aromatic heterocycles. The molecule has 1 rings (SSSR count). The summed E-state index contributed by atoms with van der Waals surface area (Å²) in [4.78, 5) is 10.7. The lowest BCUT2D eigenvalue weighted by Gasteiger charge is -2.20. The summed E-state index contributed by atoms with van der Waals surface area (Å²) >= 11 is 0. The number of aliphatic carboxylic acids is 1. The molecule has 3 heteroatoms. The summed E-state index contributed by atoms with van der Waals surface area (Å²) in [5.41, 5.74) is 1.16. The molecule has 1 aromatic carbocycles. The lowest BCUT2D eigenvalue weighted by molar-refractivity contribution is -0.144. The van der Waals surface area contributed by atoms with Crippen molar-refractivity contribution in [1.29, 1.82) is 0 Å². The Bertz CT molecular complexity index is 377. The van der Waals surface area contributed by atoms with Crippen LogP contribution >= 0.6 is 0 Å².